The molecule has 1 nitrogen and oxygen atoms in total. The zero-order valence-corrected chi connectivity index (χ0v) is 9.34. The molecule has 0 fully saturated rings. The molecule has 0 aromatic rings. The van der Waals surface area contributed by atoms with Gasteiger partial charge in [-0.3, -0.25) is 0 Å². The van der Waals surface area contributed by atoms with E-state index < -0.39 is 0 Å². The highest BCUT2D eigenvalue weighted by atomic mass is 14.9. The van der Waals surface area contributed by atoms with Crippen LogP contribution < -0.4 is 5.32 Å². The Labute approximate surface area is 87.3 Å². The third kappa shape index (κ3) is 1.78. The van der Waals surface area contributed by atoms with E-state index in [1.165, 1.54) is 25.8 Å². The largest absolute Gasteiger partial charge is 0.312 e. The lowest BCUT2D eigenvalue weighted by atomic mass is 9.78. The van der Waals surface area contributed by atoms with Crippen molar-refractivity contribution in [2.45, 2.75) is 33.1 Å². The summed E-state index contributed by atoms with van der Waals surface area (Å²) in [5, 5.41) is 3.56. The predicted molar refractivity (Wildman–Crippen MR) is 61.2 cm³/mol. The van der Waals surface area contributed by atoms with E-state index in [1.54, 1.807) is 11.1 Å². The zero-order valence-electron chi connectivity index (χ0n) is 9.34. The van der Waals surface area contributed by atoms with Gasteiger partial charge in [-0.15, -0.1) is 0 Å². The Morgan fingerprint density at radius 2 is 2.43 bits per heavy atom. The van der Waals surface area contributed by atoms with E-state index in [-0.39, 0.29) is 0 Å². The van der Waals surface area contributed by atoms with Crippen LogP contribution in [0.25, 0.3) is 0 Å². The average molecular weight is 191 g/mol. The maximum Gasteiger partial charge on any atom is 0.0170 e. The summed E-state index contributed by atoms with van der Waals surface area (Å²) in [5.41, 5.74) is 3.33. The first-order valence-electron chi connectivity index (χ1n) is 5.92. The number of allylic oxidation sites excluding steroid dienone is 2. The van der Waals surface area contributed by atoms with Crippen molar-refractivity contribution in [3.8, 4) is 0 Å². The van der Waals surface area contributed by atoms with Crippen LogP contribution in [0.2, 0.25) is 0 Å². The molecular weight excluding hydrogens is 170 g/mol. The molecular formula is C13H21N. The van der Waals surface area contributed by atoms with Crippen LogP contribution in [0.5, 0.6) is 0 Å². The molecule has 1 heterocycles. The second-order valence-corrected chi connectivity index (χ2v) is 4.62. The first kappa shape index (κ1) is 9.97. The molecule has 0 aromatic heterocycles. The van der Waals surface area contributed by atoms with Gasteiger partial charge in [0.15, 0.2) is 0 Å². The van der Waals surface area contributed by atoms with Crippen LogP contribution in [-0.2, 0) is 0 Å². The molecule has 2 aliphatic rings. The molecule has 0 radical (unpaired) electrons. The standard InChI is InChI=1S/C13H21N/c1-3-10(2)13-9-14-8-11-6-4-5-7-12(11)13/h5,7,10,13-14H,3-4,6,8-9H2,1-2H3. The summed E-state index contributed by atoms with van der Waals surface area (Å²) in [6.45, 7) is 6.99. The van der Waals surface area contributed by atoms with Crippen molar-refractivity contribution < 1.29 is 0 Å². The van der Waals surface area contributed by atoms with Crippen LogP contribution in [-0.4, -0.2) is 13.1 Å². The summed E-state index contributed by atoms with van der Waals surface area (Å²) >= 11 is 0. The van der Waals surface area contributed by atoms with Gasteiger partial charge in [-0.1, -0.05) is 38.0 Å². The minimum atomic E-state index is 0.764. The van der Waals surface area contributed by atoms with Crippen molar-refractivity contribution in [1.29, 1.82) is 0 Å². The van der Waals surface area contributed by atoms with Crippen LogP contribution in [0.3, 0.4) is 0 Å². The number of rotatable bonds is 2. The van der Waals surface area contributed by atoms with E-state index in [9.17, 15) is 0 Å². The summed E-state index contributed by atoms with van der Waals surface area (Å²) < 4.78 is 0. The van der Waals surface area contributed by atoms with Crippen molar-refractivity contribution >= 4 is 0 Å². The highest BCUT2D eigenvalue weighted by Gasteiger charge is 2.25. The molecule has 0 bridgehead atoms. The molecule has 1 aliphatic heterocycles. The molecule has 1 aliphatic carbocycles. The van der Waals surface area contributed by atoms with Crippen molar-refractivity contribution in [2.75, 3.05) is 13.1 Å². The monoisotopic (exact) mass is 191 g/mol. The van der Waals surface area contributed by atoms with Gasteiger partial charge in [0.2, 0.25) is 0 Å². The fourth-order valence-electron chi connectivity index (χ4n) is 2.59. The maximum absolute atomic E-state index is 3.56. The number of hydrogen-bond acceptors (Lipinski definition) is 1. The van der Waals surface area contributed by atoms with Gasteiger partial charge in [-0.05, 0) is 30.3 Å². The summed E-state index contributed by atoms with van der Waals surface area (Å²) in [7, 11) is 0. The van der Waals surface area contributed by atoms with Gasteiger partial charge >= 0.3 is 0 Å². The minimum absolute atomic E-state index is 0.764. The quantitative estimate of drug-likeness (QED) is 0.707. The zero-order chi connectivity index (χ0) is 9.97. The van der Waals surface area contributed by atoms with E-state index >= 15 is 0 Å². The summed E-state index contributed by atoms with van der Waals surface area (Å²) in [6.07, 6.45) is 8.55. The van der Waals surface area contributed by atoms with E-state index in [0.717, 1.165) is 18.4 Å². The first-order chi connectivity index (χ1) is 6.83. The lowest BCUT2D eigenvalue weighted by molar-refractivity contribution is 0.366. The molecule has 0 amide bonds. The average Bonchev–Trinajstić information content (AvgIpc) is 2.27. The van der Waals surface area contributed by atoms with Crippen LogP contribution in [0.4, 0.5) is 0 Å². The molecule has 0 saturated heterocycles. The molecule has 2 unspecified atom stereocenters. The van der Waals surface area contributed by atoms with Crippen molar-refractivity contribution in [1.82, 2.24) is 5.32 Å². The number of hydrogen-bond donors (Lipinski definition) is 1. The Balaban J connectivity index is 2.21. The van der Waals surface area contributed by atoms with E-state index in [2.05, 4.69) is 31.3 Å². The van der Waals surface area contributed by atoms with Crippen LogP contribution in [0.1, 0.15) is 33.1 Å². The van der Waals surface area contributed by atoms with Crippen LogP contribution in [0.15, 0.2) is 23.3 Å². The Bertz CT molecular complexity index is 262. The van der Waals surface area contributed by atoms with E-state index in [1.807, 2.05) is 0 Å². The fourth-order valence-corrected chi connectivity index (χ4v) is 2.59. The Kier molecular flexibility index (Phi) is 3.07. The fraction of sp³-hybridized carbons (Fsp3) is 0.692. The maximum atomic E-state index is 3.56. The molecule has 78 valence electrons. The lowest BCUT2D eigenvalue weighted by Crippen LogP contribution is -2.36. The van der Waals surface area contributed by atoms with Gasteiger partial charge in [-0.25, -0.2) is 0 Å². The Morgan fingerprint density at radius 1 is 1.57 bits per heavy atom. The molecule has 1 heteroatoms. The molecule has 0 saturated carbocycles. The SMILES string of the molecule is CCC(C)C1CNCC2=C1C=CCC2. The van der Waals surface area contributed by atoms with Gasteiger partial charge in [0, 0.05) is 13.1 Å². The summed E-state index contributed by atoms with van der Waals surface area (Å²) in [4.78, 5) is 0. The van der Waals surface area contributed by atoms with Crippen molar-refractivity contribution in [3.05, 3.63) is 23.3 Å². The lowest BCUT2D eigenvalue weighted by Gasteiger charge is -2.33. The molecule has 2 rings (SSSR count). The predicted octanol–water partition coefficient (Wildman–Crippen LogP) is 2.90. The topological polar surface area (TPSA) is 12.0 Å². The number of nitrogens with one attached hydrogen (secondary N) is 1. The van der Waals surface area contributed by atoms with Gasteiger partial charge in [0.25, 0.3) is 0 Å². The summed E-state index contributed by atoms with van der Waals surface area (Å²) in [5.74, 6) is 1.58. The summed E-state index contributed by atoms with van der Waals surface area (Å²) in [6, 6.07) is 0. The Morgan fingerprint density at radius 3 is 3.21 bits per heavy atom. The third-order valence-corrected chi connectivity index (χ3v) is 3.75. The van der Waals surface area contributed by atoms with Gasteiger partial charge in [0.05, 0.1) is 0 Å². The highest BCUT2D eigenvalue weighted by Crippen LogP contribution is 2.32. The van der Waals surface area contributed by atoms with E-state index in [4.69, 9.17) is 0 Å². The van der Waals surface area contributed by atoms with Crippen molar-refractivity contribution in [3.63, 3.8) is 0 Å². The van der Waals surface area contributed by atoms with E-state index in [0.29, 0.717) is 0 Å². The molecule has 1 N–H and O–H groups in total. The van der Waals surface area contributed by atoms with Crippen LogP contribution >= 0.6 is 0 Å². The molecule has 2 atom stereocenters. The van der Waals surface area contributed by atoms with Crippen molar-refractivity contribution in [2.24, 2.45) is 11.8 Å². The second-order valence-electron chi connectivity index (χ2n) is 4.62. The normalized spacial score (nSPS) is 28.9. The molecule has 0 spiro atoms. The second kappa shape index (κ2) is 4.31. The smallest absolute Gasteiger partial charge is 0.0170 e. The minimum Gasteiger partial charge on any atom is -0.312 e. The molecule has 0 aromatic carbocycles. The van der Waals surface area contributed by atoms with Gasteiger partial charge in [0.1, 0.15) is 0 Å². The van der Waals surface area contributed by atoms with Gasteiger partial charge < -0.3 is 5.32 Å². The van der Waals surface area contributed by atoms with Crippen LogP contribution in [0, 0.1) is 11.8 Å². The highest BCUT2D eigenvalue weighted by molar-refractivity contribution is 5.35. The van der Waals surface area contributed by atoms with Gasteiger partial charge in [-0.2, -0.15) is 0 Å². The molecule has 14 heavy (non-hydrogen) atoms. The third-order valence-electron chi connectivity index (χ3n) is 3.75. The Hall–Kier alpha value is -0.560. The first-order valence-corrected chi connectivity index (χ1v) is 5.92.